The highest BCUT2D eigenvalue weighted by molar-refractivity contribution is 6.30. The van der Waals surface area contributed by atoms with Crippen LogP contribution < -0.4 is 15.2 Å². The highest BCUT2D eigenvalue weighted by atomic mass is 35.5. The number of benzene rings is 1. The first-order valence-corrected chi connectivity index (χ1v) is 9.73. The Labute approximate surface area is 163 Å². The van der Waals surface area contributed by atoms with Gasteiger partial charge >= 0.3 is 0 Å². The summed E-state index contributed by atoms with van der Waals surface area (Å²) >= 11 is 5.97. The molecule has 2 aliphatic rings. The Bertz CT molecular complexity index is 797. The molecule has 8 heteroatoms. The zero-order chi connectivity index (χ0) is 18.6. The minimum absolute atomic E-state index is 0.128. The molecule has 142 valence electrons. The van der Waals surface area contributed by atoms with Crippen LogP contribution in [-0.2, 0) is 0 Å². The largest absolute Gasteiger partial charge is 0.507 e. The normalized spacial score (nSPS) is 17.2. The Kier molecular flexibility index (Phi) is 5.29. The molecule has 0 unspecified atom stereocenters. The Morgan fingerprint density at radius 3 is 2.44 bits per heavy atom. The van der Waals surface area contributed by atoms with Crippen molar-refractivity contribution in [3.8, 4) is 5.75 Å². The molecule has 3 heterocycles. The molecule has 1 aromatic heterocycles. The lowest BCUT2D eigenvalue weighted by Crippen LogP contribution is -2.24. The number of halogens is 1. The van der Waals surface area contributed by atoms with Gasteiger partial charge in [0.1, 0.15) is 11.6 Å². The summed E-state index contributed by atoms with van der Waals surface area (Å²) in [6, 6.07) is 6.77. The van der Waals surface area contributed by atoms with E-state index in [0.717, 1.165) is 37.9 Å². The van der Waals surface area contributed by atoms with Gasteiger partial charge < -0.3 is 14.9 Å². The van der Waals surface area contributed by atoms with Crippen molar-refractivity contribution >= 4 is 35.4 Å². The lowest BCUT2D eigenvalue weighted by molar-refractivity contribution is 0.474. The lowest BCUT2D eigenvalue weighted by atomic mass is 10.2. The van der Waals surface area contributed by atoms with Crippen molar-refractivity contribution < 1.29 is 5.11 Å². The van der Waals surface area contributed by atoms with Crippen LogP contribution in [0.15, 0.2) is 29.4 Å². The van der Waals surface area contributed by atoms with E-state index in [1.807, 2.05) is 6.07 Å². The molecule has 2 aromatic rings. The van der Waals surface area contributed by atoms with Crippen LogP contribution in [0, 0.1) is 0 Å². The fourth-order valence-electron chi connectivity index (χ4n) is 3.44. The molecule has 0 aliphatic carbocycles. The standard InChI is InChI=1S/C19H23ClN6O/c20-15-5-6-16(27)14(11-15)13-21-24-17-12-18(25-7-1-2-8-25)23-19(22-17)26-9-3-4-10-26/h5-6,11-13,27H,1-4,7-10H2,(H,22,23,24)/b21-13+. The van der Waals surface area contributed by atoms with E-state index < -0.39 is 0 Å². The van der Waals surface area contributed by atoms with Crippen molar-refractivity contribution in [1.82, 2.24) is 9.97 Å². The number of anilines is 3. The third kappa shape index (κ3) is 4.24. The van der Waals surface area contributed by atoms with E-state index in [9.17, 15) is 5.11 Å². The first-order chi connectivity index (χ1) is 13.2. The van der Waals surface area contributed by atoms with Crippen molar-refractivity contribution in [3.05, 3.63) is 34.9 Å². The quantitative estimate of drug-likeness (QED) is 0.605. The molecule has 0 radical (unpaired) electrons. The van der Waals surface area contributed by atoms with Crippen molar-refractivity contribution in [2.45, 2.75) is 25.7 Å². The summed E-state index contributed by atoms with van der Waals surface area (Å²) in [6.07, 6.45) is 6.27. The van der Waals surface area contributed by atoms with Crippen LogP contribution in [0.5, 0.6) is 5.75 Å². The van der Waals surface area contributed by atoms with Gasteiger partial charge in [-0.3, -0.25) is 5.43 Å². The Balaban J connectivity index is 1.56. The maximum Gasteiger partial charge on any atom is 0.229 e. The second kappa shape index (κ2) is 8.00. The van der Waals surface area contributed by atoms with Crippen molar-refractivity contribution in [2.24, 2.45) is 5.10 Å². The molecule has 1 aromatic carbocycles. The first kappa shape index (κ1) is 17.9. The third-order valence-corrected chi connectivity index (χ3v) is 5.13. The summed E-state index contributed by atoms with van der Waals surface area (Å²) in [5.74, 6) is 2.46. The number of hydrogen-bond donors (Lipinski definition) is 2. The number of nitrogens with one attached hydrogen (secondary N) is 1. The molecule has 0 saturated carbocycles. The monoisotopic (exact) mass is 386 g/mol. The maximum absolute atomic E-state index is 9.89. The molecular formula is C19H23ClN6O. The predicted octanol–water partition coefficient (Wildman–Crippen LogP) is 3.48. The second-order valence-electron chi connectivity index (χ2n) is 6.87. The van der Waals surface area contributed by atoms with Gasteiger partial charge in [-0.1, -0.05) is 11.6 Å². The number of hydrazone groups is 1. The number of aromatic nitrogens is 2. The average molecular weight is 387 g/mol. The smallest absolute Gasteiger partial charge is 0.229 e. The zero-order valence-electron chi connectivity index (χ0n) is 15.1. The Morgan fingerprint density at radius 2 is 1.70 bits per heavy atom. The average Bonchev–Trinajstić information content (AvgIpc) is 3.38. The molecule has 0 atom stereocenters. The van der Waals surface area contributed by atoms with Gasteiger partial charge in [0.2, 0.25) is 5.95 Å². The summed E-state index contributed by atoms with van der Waals surface area (Å²) in [6.45, 7) is 4.02. The van der Waals surface area contributed by atoms with Gasteiger partial charge in [0.15, 0.2) is 5.82 Å². The number of nitrogens with zero attached hydrogens (tertiary/aromatic N) is 5. The van der Waals surface area contributed by atoms with E-state index in [2.05, 4.69) is 25.3 Å². The van der Waals surface area contributed by atoms with E-state index in [-0.39, 0.29) is 5.75 Å². The van der Waals surface area contributed by atoms with Gasteiger partial charge in [-0.15, -0.1) is 0 Å². The number of rotatable bonds is 5. The summed E-state index contributed by atoms with van der Waals surface area (Å²) in [5.41, 5.74) is 3.52. The third-order valence-electron chi connectivity index (χ3n) is 4.89. The number of phenols is 1. The van der Waals surface area contributed by atoms with Crippen LogP contribution in [-0.4, -0.2) is 47.5 Å². The van der Waals surface area contributed by atoms with E-state index in [1.54, 1.807) is 18.2 Å². The molecule has 27 heavy (non-hydrogen) atoms. The van der Waals surface area contributed by atoms with E-state index in [0.29, 0.717) is 16.4 Å². The minimum atomic E-state index is 0.128. The van der Waals surface area contributed by atoms with Gasteiger partial charge in [0.05, 0.1) is 6.21 Å². The number of hydrogen-bond acceptors (Lipinski definition) is 7. The molecule has 2 fully saturated rings. The molecule has 0 amide bonds. The van der Waals surface area contributed by atoms with Gasteiger partial charge in [0.25, 0.3) is 0 Å². The first-order valence-electron chi connectivity index (χ1n) is 9.36. The van der Waals surface area contributed by atoms with Crippen LogP contribution in [0.2, 0.25) is 5.02 Å². The van der Waals surface area contributed by atoms with Crippen molar-refractivity contribution in [2.75, 3.05) is 41.4 Å². The fraction of sp³-hybridized carbons (Fsp3) is 0.421. The zero-order valence-corrected chi connectivity index (χ0v) is 15.9. The fourth-order valence-corrected chi connectivity index (χ4v) is 3.62. The van der Waals surface area contributed by atoms with Crippen molar-refractivity contribution in [1.29, 1.82) is 0 Å². The van der Waals surface area contributed by atoms with Gasteiger partial charge in [-0.05, 0) is 43.9 Å². The summed E-state index contributed by atoms with van der Waals surface area (Å²) < 4.78 is 0. The topological polar surface area (TPSA) is 76.9 Å². The highest BCUT2D eigenvalue weighted by Crippen LogP contribution is 2.25. The van der Waals surface area contributed by atoms with Gasteiger partial charge in [0, 0.05) is 42.8 Å². The van der Waals surface area contributed by atoms with Gasteiger partial charge in [-0.25, -0.2) is 0 Å². The SMILES string of the molecule is Oc1ccc(Cl)cc1/C=N/Nc1cc(N2CCCC2)nc(N2CCCC2)n1. The molecule has 0 bridgehead atoms. The molecule has 7 nitrogen and oxygen atoms in total. The van der Waals surface area contributed by atoms with Crippen LogP contribution in [0.1, 0.15) is 31.2 Å². The van der Waals surface area contributed by atoms with Gasteiger partial charge in [-0.2, -0.15) is 15.1 Å². The minimum Gasteiger partial charge on any atom is -0.507 e. The molecular weight excluding hydrogens is 364 g/mol. The predicted molar refractivity (Wildman–Crippen MR) is 109 cm³/mol. The summed E-state index contributed by atoms with van der Waals surface area (Å²) in [5, 5.41) is 14.7. The summed E-state index contributed by atoms with van der Waals surface area (Å²) in [7, 11) is 0. The molecule has 4 rings (SSSR count). The van der Waals surface area contributed by atoms with E-state index >= 15 is 0 Å². The van der Waals surface area contributed by atoms with Crippen LogP contribution in [0.3, 0.4) is 0 Å². The number of phenolic OH excluding ortho intramolecular Hbond substituents is 1. The van der Waals surface area contributed by atoms with Crippen LogP contribution >= 0.6 is 11.6 Å². The molecule has 2 saturated heterocycles. The molecule has 2 aliphatic heterocycles. The van der Waals surface area contributed by atoms with Crippen LogP contribution in [0.25, 0.3) is 0 Å². The summed E-state index contributed by atoms with van der Waals surface area (Å²) in [4.78, 5) is 13.9. The molecule has 0 spiro atoms. The number of aromatic hydroxyl groups is 1. The lowest BCUT2D eigenvalue weighted by Gasteiger charge is -2.21. The highest BCUT2D eigenvalue weighted by Gasteiger charge is 2.20. The Morgan fingerprint density at radius 1 is 1.00 bits per heavy atom. The molecule has 2 N–H and O–H groups in total. The maximum atomic E-state index is 9.89. The second-order valence-corrected chi connectivity index (χ2v) is 7.31. The van der Waals surface area contributed by atoms with E-state index in [4.69, 9.17) is 16.6 Å². The van der Waals surface area contributed by atoms with Crippen LogP contribution in [0.4, 0.5) is 17.6 Å². The van der Waals surface area contributed by atoms with E-state index in [1.165, 1.54) is 31.9 Å². The van der Waals surface area contributed by atoms with Crippen molar-refractivity contribution in [3.63, 3.8) is 0 Å². The Hall–Kier alpha value is -2.54.